The first-order chi connectivity index (χ1) is 12.1. The first kappa shape index (κ1) is 20.9. The summed E-state index contributed by atoms with van der Waals surface area (Å²) in [6.07, 6.45) is 8.18. The smallest absolute Gasteiger partial charge is 0.341 e. The Morgan fingerprint density at radius 3 is 2.24 bits per heavy atom. The van der Waals surface area contributed by atoms with E-state index in [2.05, 4.69) is 13.8 Å². The van der Waals surface area contributed by atoms with E-state index in [-0.39, 0.29) is 17.0 Å². The Morgan fingerprint density at radius 2 is 1.64 bits per heavy atom. The van der Waals surface area contributed by atoms with Gasteiger partial charge in [-0.2, -0.15) is 0 Å². The van der Waals surface area contributed by atoms with Gasteiger partial charge in [0.2, 0.25) is 0 Å². The van der Waals surface area contributed by atoms with Crippen LogP contribution in [0.3, 0.4) is 0 Å². The van der Waals surface area contributed by atoms with Gasteiger partial charge in [-0.1, -0.05) is 52.4 Å². The van der Waals surface area contributed by atoms with Gasteiger partial charge < -0.3 is 9.47 Å². The largest absolute Gasteiger partial charge is 0.492 e. The van der Waals surface area contributed by atoms with Gasteiger partial charge in [0.25, 0.3) is 5.69 Å². The Bertz CT molecular complexity index is 545. The van der Waals surface area contributed by atoms with Crippen LogP contribution < -0.4 is 4.74 Å². The highest BCUT2D eigenvalue weighted by molar-refractivity contribution is 5.93. The van der Waals surface area contributed by atoms with E-state index in [9.17, 15) is 14.9 Å². The third-order valence-corrected chi connectivity index (χ3v) is 3.88. The van der Waals surface area contributed by atoms with Crippen LogP contribution in [0.5, 0.6) is 5.75 Å². The topological polar surface area (TPSA) is 78.7 Å². The van der Waals surface area contributed by atoms with Crippen molar-refractivity contribution in [1.82, 2.24) is 0 Å². The van der Waals surface area contributed by atoms with Crippen LogP contribution in [-0.4, -0.2) is 24.1 Å². The van der Waals surface area contributed by atoms with Crippen LogP contribution in [0.4, 0.5) is 5.69 Å². The van der Waals surface area contributed by atoms with Crippen LogP contribution in [-0.2, 0) is 4.74 Å². The average molecular weight is 351 g/mol. The lowest BCUT2D eigenvalue weighted by Crippen LogP contribution is -2.10. The molecule has 0 aliphatic carbocycles. The van der Waals surface area contributed by atoms with E-state index in [1.165, 1.54) is 18.2 Å². The fourth-order valence-electron chi connectivity index (χ4n) is 2.40. The lowest BCUT2D eigenvalue weighted by molar-refractivity contribution is -0.384. The summed E-state index contributed by atoms with van der Waals surface area (Å²) in [6.45, 7) is 5.02. The third kappa shape index (κ3) is 8.01. The molecule has 0 unspecified atom stereocenters. The van der Waals surface area contributed by atoms with Crippen LogP contribution in [0.25, 0.3) is 0 Å². The molecule has 0 fully saturated rings. The molecule has 0 bridgehead atoms. The molecule has 0 heterocycles. The van der Waals surface area contributed by atoms with Crippen LogP contribution >= 0.6 is 0 Å². The second-order valence-corrected chi connectivity index (χ2v) is 6.04. The summed E-state index contributed by atoms with van der Waals surface area (Å²) < 4.78 is 10.9. The lowest BCUT2D eigenvalue weighted by Gasteiger charge is -2.11. The lowest BCUT2D eigenvalue weighted by atomic mass is 10.1. The van der Waals surface area contributed by atoms with Gasteiger partial charge in [-0.05, 0) is 18.9 Å². The molecule has 0 aliphatic heterocycles. The molecule has 1 aromatic rings. The number of non-ortho nitro benzene ring substituents is 1. The molecular weight excluding hydrogens is 322 g/mol. The zero-order chi connectivity index (χ0) is 18.5. The minimum Gasteiger partial charge on any atom is -0.492 e. The van der Waals surface area contributed by atoms with Crippen LogP contribution in [0.1, 0.15) is 75.6 Å². The van der Waals surface area contributed by atoms with Crippen molar-refractivity contribution < 1.29 is 19.2 Å². The Kier molecular flexibility index (Phi) is 10.3. The van der Waals surface area contributed by atoms with E-state index in [4.69, 9.17) is 9.47 Å². The number of nitrogens with zero attached hydrogens (tertiary/aromatic N) is 1. The Hall–Kier alpha value is -2.11. The summed E-state index contributed by atoms with van der Waals surface area (Å²) in [4.78, 5) is 22.7. The number of esters is 1. The van der Waals surface area contributed by atoms with E-state index >= 15 is 0 Å². The molecule has 6 heteroatoms. The van der Waals surface area contributed by atoms with Crippen molar-refractivity contribution in [2.75, 3.05) is 13.2 Å². The van der Waals surface area contributed by atoms with Gasteiger partial charge in [-0.25, -0.2) is 4.79 Å². The van der Waals surface area contributed by atoms with Crippen molar-refractivity contribution in [3.63, 3.8) is 0 Å². The van der Waals surface area contributed by atoms with Gasteiger partial charge in [0.15, 0.2) is 0 Å². The van der Waals surface area contributed by atoms with Crippen molar-refractivity contribution in [1.29, 1.82) is 0 Å². The van der Waals surface area contributed by atoms with Crippen molar-refractivity contribution in [3.05, 3.63) is 33.9 Å². The standard InChI is InChI=1S/C19H29NO5/c1-3-5-7-9-13-24-18-15-16(20(22)23)11-12-17(18)19(21)25-14-10-8-6-4-2/h11-12,15H,3-10,13-14H2,1-2H3. The van der Waals surface area contributed by atoms with Crippen molar-refractivity contribution in [2.45, 2.75) is 65.2 Å². The van der Waals surface area contributed by atoms with E-state index in [0.29, 0.717) is 13.2 Å². The van der Waals surface area contributed by atoms with Crippen molar-refractivity contribution in [2.24, 2.45) is 0 Å². The molecule has 0 atom stereocenters. The molecule has 25 heavy (non-hydrogen) atoms. The summed E-state index contributed by atoms with van der Waals surface area (Å²) in [5.41, 5.74) is 0.152. The average Bonchev–Trinajstić information content (AvgIpc) is 2.61. The SMILES string of the molecule is CCCCCCOC(=O)c1ccc([N+](=O)[O-])cc1OCCCCCC. The normalized spacial score (nSPS) is 10.5. The number of carbonyl (C=O) groups is 1. The quantitative estimate of drug-likeness (QED) is 0.209. The van der Waals surface area contributed by atoms with E-state index in [1.807, 2.05) is 0 Å². The minimum absolute atomic E-state index is 0.0944. The van der Waals surface area contributed by atoms with Crippen LogP contribution in [0.2, 0.25) is 0 Å². The zero-order valence-electron chi connectivity index (χ0n) is 15.3. The summed E-state index contributed by atoms with van der Waals surface area (Å²) >= 11 is 0. The van der Waals surface area contributed by atoms with E-state index < -0.39 is 10.9 Å². The first-order valence-corrected chi connectivity index (χ1v) is 9.18. The number of benzene rings is 1. The van der Waals surface area contributed by atoms with Gasteiger partial charge in [0.05, 0.1) is 24.2 Å². The predicted octanol–water partition coefficient (Wildman–Crippen LogP) is 5.29. The monoisotopic (exact) mass is 351 g/mol. The third-order valence-electron chi connectivity index (χ3n) is 3.88. The van der Waals surface area contributed by atoms with Crippen LogP contribution in [0.15, 0.2) is 18.2 Å². The van der Waals surface area contributed by atoms with Crippen LogP contribution in [0, 0.1) is 10.1 Å². The molecule has 0 spiro atoms. The summed E-state index contributed by atoms with van der Waals surface area (Å²) in [5.74, 6) is -0.265. The molecule has 0 radical (unpaired) electrons. The maximum atomic E-state index is 12.2. The number of unbranched alkanes of at least 4 members (excludes halogenated alkanes) is 6. The maximum Gasteiger partial charge on any atom is 0.341 e. The Labute approximate surface area is 149 Å². The Balaban J connectivity index is 2.68. The summed E-state index contributed by atoms with van der Waals surface area (Å²) in [7, 11) is 0. The summed E-state index contributed by atoms with van der Waals surface area (Å²) in [6, 6.07) is 4.01. The van der Waals surface area contributed by atoms with E-state index in [1.54, 1.807) is 0 Å². The van der Waals surface area contributed by atoms with Crippen molar-refractivity contribution in [3.8, 4) is 5.75 Å². The number of nitro benzene ring substituents is 1. The number of carbonyl (C=O) groups excluding carboxylic acids is 1. The second kappa shape index (κ2) is 12.3. The molecule has 0 amide bonds. The molecule has 0 N–H and O–H groups in total. The van der Waals surface area contributed by atoms with Gasteiger partial charge in [0.1, 0.15) is 11.3 Å². The molecule has 140 valence electrons. The highest BCUT2D eigenvalue weighted by Gasteiger charge is 2.18. The van der Waals surface area contributed by atoms with Gasteiger partial charge in [-0.15, -0.1) is 0 Å². The molecule has 0 saturated heterocycles. The van der Waals surface area contributed by atoms with Gasteiger partial charge >= 0.3 is 5.97 Å². The van der Waals surface area contributed by atoms with Crippen molar-refractivity contribution >= 4 is 11.7 Å². The molecule has 1 aromatic carbocycles. The fourth-order valence-corrected chi connectivity index (χ4v) is 2.40. The minimum atomic E-state index is -0.496. The van der Waals surface area contributed by atoms with Gasteiger partial charge in [-0.3, -0.25) is 10.1 Å². The molecule has 0 aromatic heterocycles. The molecule has 1 rings (SSSR count). The maximum absolute atomic E-state index is 12.2. The molecule has 0 aliphatic rings. The van der Waals surface area contributed by atoms with Gasteiger partial charge in [0, 0.05) is 6.07 Å². The number of hydrogen-bond acceptors (Lipinski definition) is 5. The molecule has 0 saturated carbocycles. The number of nitro groups is 1. The fraction of sp³-hybridized carbons (Fsp3) is 0.632. The zero-order valence-corrected chi connectivity index (χ0v) is 15.3. The predicted molar refractivity (Wildman–Crippen MR) is 97.2 cm³/mol. The molecular formula is C19H29NO5. The number of hydrogen-bond donors (Lipinski definition) is 0. The number of ether oxygens (including phenoxy) is 2. The first-order valence-electron chi connectivity index (χ1n) is 9.18. The highest BCUT2D eigenvalue weighted by atomic mass is 16.6. The number of rotatable bonds is 13. The second-order valence-electron chi connectivity index (χ2n) is 6.04. The Morgan fingerprint density at radius 1 is 1.00 bits per heavy atom. The summed E-state index contributed by atoms with van der Waals surface area (Å²) in [5, 5.41) is 11.0. The highest BCUT2D eigenvalue weighted by Crippen LogP contribution is 2.26. The van der Waals surface area contributed by atoms with E-state index in [0.717, 1.165) is 51.4 Å². The molecule has 6 nitrogen and oxygen atoms in total.